The molecule has 0 saturated heterocycles. The average molecular weight is 372 g/mol. The second kappa shape index (κ2) is 17.0. The highest BCUT2D eigenvalue weighted by Gasteiger charge is 2.27. The number of rotatable bonds is 17. The Morgan fingerprint density at radius 2 is 1.77 bits per heavy atom. The first-order valence-corrected chi connectivity index (χ1v) is 10.1. The monoisotopic (exact) mass is 371 g/mol. The number of ether oxygens (including phenoxy) is 1. The van der Waals surface area contributed by atoms with Gasteiger partial charge in [0.2, 0.25) is 6.04 Å². The second-order valence-electron chi connectivity index (χ2n) is 6.73. The summed E-state index contributed by atoms with van der Waals surface area (Å²) in [4.78, 5) is 21.9. The number of carbonyl (C=O) groups is 1. The maximum absolute atomic E-state index is 11.2. The van der Waals surface area contributed by atoms with E-state index in [0.717, 1.165) is 57.8 Å². The van der Waals surface area contributed by atoms with Gasteiger partial charge in [0, 0.05) is 17.8 Å². The van der Waals surface area contributed by atoms with E-state index < -0.39 is 12.1 Å². The second-order valence-corrected chi connectivity index (χ2v) is 6.73. The highest BCUT2D eigenvalue weighted by atomic mass is 16.6. The molecule has 26 heavy (non-hydrogen) atoms. The first-order valence-electron chi connectivity index (χ1n) is 10.1. The normalized spacial score (nSPS) is 13.7. The minimum atomic E-state index is -0.897. The van der Waals surface area contributed by atoms with Crippen LogP contribution in [0.25, 0.3) is 0 Å². The van der Waals surface area contributed by atoms with Gasteiger partial charge in [-0.25, -0.2) is 0 Å². The van der Waals surface area contributed by atoms with Crippen molar-refractivity contribution in [3.05, 3.63) is 22.3 Å². The summed E-state index contributed by atoms with van der Waals surface area (Å²) in [7, 11) is 0. The van der Waals surface area contributed by atoms with Crippen LogP contribution in [0.4, 0.5) is 0 Å². The quantitative estimate of drug-likeness (QED) is 0.130. The summed E-state index contributed by atoms with van der Waals surface area (Å²) in [6.45, 7) is 4.32. The number of allylic oxidation sites excluding steroid dienone is 1. The van der Waals surface area contributed by atoms with E-state index in [9.17, 15) is 20.0 Å². The molecule has 2 atom stereocenters. The van der Waals surface area contributed by atoms with E-state index in [1.807, 2.05) is 19.1 Å². The van der Waals surface area contributed by atoms with Crippen molar-refractivity contribution in [2.24, 2.45) is 0 Å². The zero-order valence-corrected chi connectivity index (χ0v) is 16.5. The van der Waals surface area contributed by atoms with Crippen molar-refractivity contribution in [1.29, 1.82) is 0 Å². The molecule has 1 N–H and O–H groups in total. The van der Waals surface area contributed by atoms with Crippen LogP contribution < -0.4 is 0 Å². The fourth-order valence-corrected chi connectivity index (χ4v) is 2.83. The Bertz CT molecular complexity index is 398. The molecule has 0 aromatic carbocycles. The lowest BCUT2D eigenvalue weighted by molar-refractivity contribution is -0.533. The third-order valence-corrected chi connectivity index (χ3v) is 4.42. The third-order valence-electron chi connectivity index (χ3n) is 4.42. The van der Waals surface area contributed by atoms with Gasteiger partial charge >= 0.3 is 5.97 Å². The summed E-state index contributed by atoms with van der Waals surface area (Å²) in [6.07, 6.45) is 13.1. The van der Waals surface area contributed by atoms with Gasteiger partial charge in [-0.05, 0) is 32.6 Å². The maximum Gasteiger partial charge on any atom is 0.305 e. The molecule has 0 aliphatic carbocycles. The van der Waals surface area contributed by atoms with Gasteiger partial charge < -0.3 is 9.84 Å². The average Bonchev–Trinajstić information content (AvgIpc) is 2.59. The van der Waals surface area contributed by atoms with Crippen molar-refractivity contribution >= 4 is 5.97 Å². The smallest absolute Gasteiger partial charge is 0.305 e. The number of nitrogens with zero attached hydrogens (tertiary/aromatic N) is 1. The van der Waals surface area contributed by atoms with Crippen LogP contribution in [0.5, 0.6) is 0 Å². The Morgan fingerprint density at radius 1 is 1.08 bits per heavy atom. The van der Waals surface area contributed by atoms with Gasteiger partial charge in [-0.2, -0.15) is 0 Å². The Labute approximate surface area is 158 Å². The van der Waals surface area contributed by atoms with Crippen molar-refractivity contribution in [3.63, 3.8) is 0 Å². The SMILES string of the molecule is CCCCCC(O)C(C/C=C\CCCCCCCC(=O)OCC)[N+](=O)[O-]. The van der Waals surface area contributed by atoms with Crippen LogP contribution in [0.3, 0.4) is 0 Å². The summed E-state index contributed by atoms with van der Waals surface area (Å²) in [6, 6.07) is -0.897. The minimum Gasteiger partial charge on any atom is -0.466 e. The predicted molar refractivity (Wildman–Crippen MR) is 104 cm³/mol. The highest BCUT2D eigenvalue weighted by molar-refractivity contribution is 5.69. The van der Waals surface area contributed by atoms with Crippen molar-refractivity contribution in [2.45, 2.75) is 103 Å². The highest BCUT2D eigenvalue weighted by Crippen LogP contribution is 2.13. The lowest BCUT2D eigenvalue weighted by atomic mass is 10.0. The van der Waals surface area contributed by atoms with Gasteiger partial charge in [0.15, 0.2) is 0 Å². The molecule has 0 aliphatic rings. The van der Waals surface area contributed by atoms with Crippen LogP contribution in [-0.4, -0.2) is 34.8 Å². The lowest BCUT2D eigenvalue weighted by Crippen LogP contribution is -2.33. The molecule has 0 rings (SSSR count). The number of aliphatic hydroxyl groups is 1. The van der Waals surface area contributed by atoms with Crippen molar-refractivity contribution < 1.29 is 19.6 Å². The number of hydrogen-bond donors (Lipinski definition) is 1. The first kappa shape index (κ1) is 24.6. The van der Waals surface area contributed by atoms with E-state index in [1.165, 1.54) is 0 Å². The summed E-state index contributed by atoms with van der Waals surface area (Å²) in [5, 5.41) is 21.1. The molecular weight excluding hydrogens is 334 g/mol. The maximum atomic E-state index is 11.2. The van der Waals surface area contributed by atoms with E-state index in [1.54, 1.807) is 0 Å². The standard InChI is InChI=1S/C20H37NO5/c1-3-5-12-16-19(22)18(21(24)25)15-13-10-8-6-7-9-11-14-17-20(23)26-4-2/h10,13,18-19,22H,3-9,11-12,14-17H2,1-2H3/b13-10-. The summed E-state index contributed by atoms with van der Waals surface area (Å²) in [5.74, 6) is -0.118. The number of aliphatic hydroxyl groups excluding tert-OH is 1. The van der Waals surface area contributed by atoms with Crippen LogP contribution >= 0.6 is 0 Å². The van der Waals surface area contributed by atoms with Crippen molar-refractivity contribution in [1.82, 2.24) is 0 Å². The molecule has 0 spiro atoms. The molecule has 2 unspecified atom stereocenters. The Hall–Kier alpha value is -1.43. The predicted octanol–water partition coefficient (Wildman–Crippen LogP) is 4.81. The first-order chi connectivity index (χ1) is 12.5. The molecule has 0 amide bonds. The third kappa shape index (κ3) is 13.8. The Kier molecular flexibility index (Phi) is 16.1. The van der Waals surface area contributed by atoms with Crippen LogP contribution in [0.15, 0.2) is 12.2 Å². The fourth-order valence-electron chi connectivity index (χ4n) is 2.83. The number of carbonyl (C=O) groups excluding carboxylic acids is 1. The van der Waals surface area contributed by atoms with Gasteiger partial charge in [0.25, 0.3) is 0 Å². The molecule has 0 bridgehead atoms. The minimum absolute atomic E-state index is 0.118. The number of nitro groups is 1. The van der Waals surface area contributed by atoms with Crippen LogP contribution in [0.1, 0.15) is 90.9 Å². The van der Waals surface area contributed by atoms with Crippen LogP contribution in [-0.2, 0) is 9.53 Å². The summed E-state index contributed by atoms with van der Waals surface area (Å²) in [5.41, 5.74) is 0. The molecule has 0 radical (unpaired) electrons. The van der Waals surface area contributed by atoms with E-state index in [0.29, 0.717) is 25.9 Å². The molecule has 152 valence electrons. The molecule has 0 fully saturated rings. The molecule has 0 aliphatic heterocycles. The van der Waals surface area contributed by atoms with Crippen molar-refractivity contribution in [2.75, 3.05) is 6.61 Å². The Balaban J connectivity index is 3.75. The lowest BCUT2D eigenvalue weighted by Gasteiger charge is -2.14. The molecule has 0 aromatic rings. The molecule has 0 aromatic heterocycles. The summed E-state index contributed by atoms with van der Waals surface area (Å²) < 4.78 is 4.88. The van der Waals surface area contributed by atoms with Crippen LogP contribution in [0.2, 0.25) is 0 Å². The molecular formula is C20H37NO5. The van der Waals surface area contributed by atoms with Gasteiger partial charge in [0.1, 0.15) is 6.10 Å². The number of esters is 1. The van der Waals surface area contributed by atoms with Crippen LogP contribution in [0, 0.1) is 10.1 Å². The number of unbranched alkanes of at least 4 members (excludes halogenated alkanes) is 7. The Morgan fingerprint density at radius 3 is 2.42 bits per heavy atom. The molecule has 6 nitrogen and oxygen atoms in total. The zero-order chi connectivity index (χ0) is 19.6. The summed E-state index contributed by atoms with van der Waals surface area (Å²) >= 11 is 0. The van der Waals surface area contributed by atoms with E-state index in [2.05, 4.69) is 6.92 Å². The van der Waals surface area contributed by atoms with Gasteiger partial charge in [-0.1, -0.05) is 57.6 Å². The van der Waals surface area contributed by atoms with E-state index in [-0.39, 0.29) is 10.9 Å². The largest absolute Gasteiger partial charge is 0.466 e. The van der Waals surface area contributed by atoms with Crippen molar-refractivity contribution in [3.8, 4) is 0 Å². The number of hydrogen-bond acceptors (Lipinski definition) is 5. The molecule has 0 heterocycles. The van der Waals surface area contributed by atoms with Gasteiger partial charge in [0.05, 0.1) is 6.61 Å². The topological polar surface area (TPSA) is 89.7 Å². The van der Waals surface area contributed by atoms with Gasteiger partial charge in [-0.3, -0.25) is 14.9 Å². The zero-order valence-electron chi connectivity index (χ0n) is 16.5. The van der Waals surface area contributed by atoms with E-state index >= 15 is 0 Å². The molecule has 0 saturated carbocycles. The fraction of sp³-hybridized carbons (Fsp3) is 0.850. The van der Waals surface area contributed by atoms with Gasteiger partial charge in [-0.15, -0.1) is 0 Å². The van der Waals surface area contributed by atoms with E-state index in [4.69, 9.17) is 4.74 Å². The molecule has 6 heteroatoms.